The molecule has 146 valence electrons. The zero-order valence-corrected chi connectivity index (χ0v) is 16.9. The van der Waals surface area contributed by atoms with Gasteiger partial charge in [0.25, 0.3) is 0 Å². The summed E-state index contributed by atoms with van der Waals surface area (Å²) in [5.41, 5.74) is 4.57. The Bertz CT molecular complexity index is 771. The van der Waals surface area contributed by atoms with Gasteiger partial charge in [-0.2, -0.15) is 5.10 Å². The first-order chi connectivity index (χ1) is 13.0. The Morgan fingerprint density at radius 1 is 1.15 bits per heavy atom. The van der Waals surface area contributed by atoms with Gasteiger partial charge in [-0.25, -0.2) is 4.68 Å². The minimum atomic E-state index is 0.602. The van der Waals surface area contributed by atoms with Crippen LogP contribution < -0.4 is 9.47 Å². The first-order valence-electron chi connectivity index (χ1n) is 9.12. The molecule has 0 N–H and O–H groups in total. The minimum Gasteiger partial charge on any atom is -0.490 e. The van der Waals surface area contributed by atoms with Crippen molar-refractivity contribution in [3.05, 3.63) is 52.7 Å². The molecular formula is C21H29N3O3. The van der Waals surface area contributed by atoms with Crippen LogP contribution in [0.1, 0.15) is 35.7 Å². The van der Waals surface area contributed by atoms with Gasteiger partial charge in [0.05, 0.1) is 12.8 Å². The van der Waals surface area contributed by atoms with Crippen molar-refractivity contribution in [2.24, 2.45) is 12.2 Å². The third-order valence-corrected chi connectivity index (χ3v) is 4.22. The Morgan fingerprint density at radius 2 is 1.89 bits per heavy atom. The summed E-state index contributed by atoms with van der Waals surface area (Å²) in [4.78, 5) is 4.67. The maximum Gasteiger partial charge on any atom is 0.212 e. The lowest BCUT2D eigenvalue weighted by Crippen LogP contribution is -2.05. The number of aryl methyl sites for hydroxylation is 3. The Balaban J connectivity index is 1.88. The molecule has 2 rings (SSSR count). The van der Waals surface area contributed by atoms with E-state index in [0.717, 1.165) is 18.6 Å². The van der Waals surface area contributed by atoms with E-state index in [9.17, 15) is 0 Å². The molecule has 0 aliphatic carbocycles. The zero-order valence-electron chi connectivity index (χ0n) is 16.9. The van der Waals surface area contributed by atoms with Gasteiger partial charge < -0.3 is 14.3 Å². The summed E-state index contributed by atoms with van der Waals surface area (Å²) in [6.45, 7) is 7.48. The van der Waals surface area contributed by atoms with E-state index in [0.29, 0.717) is 24.8 Å². The summed E-state index contributed by atoms with van der Waals surface area (Å²) >= 11 is 0. The summed E-state index contributed by atoms with van der Waals surface area (Å²) < 4.78 is 13.3. The number of nitrogens with zero attached hydrogens (tertiary/aromatic N) is 3. The van der Waals surface area contributed by atoms with Crippen molar-refractivity contribution in [3.63, 3.8) is 0 Å². The summed E-state index contributed by atoms with van der Waals surface area (Å²) in [5.74, 6) is 1.64. The summed E-state index contributed by atoms with van der Waals surface area (Å²) in [6.07, 6.45) is 7.43. The van der Waals surface area contributed by atoms with E-state index in [1.807, 2.05) is 32.2 Å². The van der Waals surface area contributed by atoms with Crippen LogP contribution in [0, 0.1) is 13.8 Å². The fraction of sp³-hybridized carbons (Fsp3) is 0.429. The molecule has 2 aromatic rings. The van der Waals surface area contributed by atoms with Crippen molar-refractivity contribution in [2.75, 3.05) is 20.3 Å². The molecule has 0 bridgehead atoms. The average molecular weight is 371 g/mol. The fourth-order valence-electron chi connectivity index (χ4n) is 2.87. The first-order valence-corrected chi connectivity index (χ1v) is 9.12. The fourth-order valence-corrected chi connectivity index (χ4v) is 2.87. The number of rotatable bonds is 10. The van der Waals surface area contributed by atoms with Crippen LogP contribution in [0.25, 0.3) is 0 Å². The number of ether oxygens (including phenoxy) is 2. The maximum atomic E-state index is 5.85. The van der Waals surface area contributed by atoms with Gasteiger partial charge in [-0.3, -0.25) is 0 Å². The van der Waals surface area contributed by atoms with Crippen LogP contribution in [0.15, 0.2) is 35.5 Å². The van der Waals surface area contributed by atoms with Crippen LogP contribution in [0.4, 0.5) is 0 Å². The number of hydrogen-bond acceptors (Lipinski definition) is 5. The van der Waals surface area contributed by atoms with Gasteiger partial charge in [-0.15, -0.1) is 0 Å². The predicted molar refractivity (Wildman–Crippen MR) is 108 cm³/mol. The molecule has 0 unspecified atom stereocenters. The van der Waals surface area contributed by atoms with Crippen LogP contribution >= 0.6 is 0 Å². The highest BCUT2D eigenvalue weighted by atomic mass is 16.6. The molecule has 6 heteroatoms. The monoisotopic (exact) mass is 371 g/mol. The molecule has 0 amide bonds. The Kier molecular flexibility index (Phi) is 7.92. The molecule has 0 fully saturated rings. The molecule has 27 heavy (non-hydrogen) atoms. The van der Waals surface area contributed by atoms with E-state index in [1.165, 1.54) is 23.8 Å². The number of aromatic nitrogens is 2. The molecule has 0 aliphatic heterocycles. The predicted octanol–water partition coefficient (Wildman–Crippen LogP) is 3.98. The molecule has 0 aliphatic rings. The molecular weight excluding hydrogens is 342 g/mol. The van der Waals surface area contributed by atoms with Gasteiger partial charge in [-0.1, -0.05) is 17.3 Å². The normalized spacial score (nSPS) is 11.4. The average Bonchev–Trinajstić information content (AvgIpc) is 2.98. The second-order valence-electron chi connectivity index (χ2n) is 6.32. The number of allylic oxidation sites excluding steroid dienone is 1. The van der Waals surface area contributed by atoms with Gasteiger partial charge in [0.1, 0.15) is 25.2 Å². The topological polar surface area (TPSA) is 57.9 Å². The quantitative estimate of drug-likeness (QED) is 0.274. The van der Waals surface area contributed by atoms with E-state index >= 15 is 0 Å². The standard InChI is InChI=1S/C21H29N3O3/c1-6-7-10-26-19-12-16(2)20(17(3)13-19)9-8-11-27-21-14-18(15-22-25-5)23-24(21)4/h6-7,12-15H,8-11H2,1-5H3/b7-6+,22-15+. The molecule has 0 saturated carbocycles. The molecule has 0 saturated heterocycles. The van der Waals surface area contributed by atoms with Crippen molar-refractivity contribution >= 4 is 6.21 Å². The molecule has 6 nitrogen and oxygen atoms in total. The Hall–Kier alpha value is -2.76. The highest BCUT2D eigenvalue weighted by Gasteiger charge is 2.08. The van der Waals surface area contributed by atoms with Crippen molar-refractivity contribution < 1.29 is 14.3 Å². The van der Waals surface area contributed by atoms with Crippen molar-refractivity contribution in [1.29, 1.82) is 0 Å². The number of oxime groups is 1. The van der Waals surface area contributed by atoms with Crippen molar-refractivity contribution in [3.8, 4) is 11.6 Å². The lowest BCUT2D eigenvalue weighted by atomic mass is 9.98. The second-order valence-corrected chi connectivity index (χ2v) is 6.32. The van der Waals surface area contributed by atoms with E-state index in [2.05, 4.69) is 41.1 Å². The highest BCUT2D eigenvalue weighted by molar-refractivity contribution is 5.76. The van der Waals surface area contributed by atoms with E-state index in [4.69, 9.17) is 9.47 Å². The summed E-state index contributed by atoms with van der Waals surface area (Å²) in [6, 6.07) is 6.06. The summed E-state index contributed by atoms with van der Waals surface area (Å²) in [5, 5.41) is 8.01. The summed E-state index contributed by atoms with van der Waals surface area (Å²) in [7, 11) is 3.35. The van der Waals surface area contributed by atoms with Gasteiger partial charge in [0, 0.05) is 13.1 Å². The molecule has 0 radical (unpaired) electrons. The molecule has 1 aromatic carbocycles. The van der Waals surface area contributed by atoms with Gasteiger partial charge in [0.15, 0.2) is 0 Å². The molecule has 1 aromatic heterocycles. The number of hydrogen-bond donors (Lipinski definition) is 0. The smallest absolute Gasteiger partial charge is 0.212 e. The van der Waals surface area contributed by atoms with Gasteiger partial charge in [-0.05, 0) is 62.4 Å². The number of benzene rings is 1. The highest BCUT2D eigenvalue weighted by Crippen LogP contribution is 2.23. The van der Waals surface area contributed by atoms with Crippen LogP contribution in [0.2, 0.25) is 0 Å². The zero-order chi connectivity index (χ0) is 19.6. The van der Waals surface area contributed by atoms with Gasteiger partial charge in [0.2, 0.25) is 5.88 Å². The van der Waals surface area contributed by atoms with E-state index in [-0.39, 0.29) is 0 Å². The molecule has 1 heterocycles. The lowest BCUT2D eigenvalue weighted by Gasteiger charge is -2.13. The molecule has 0 spiro atoms. The largest absolute Gasteiger partial charge is 0.490 e. The molecule has 0 atom stereocenters. The lowest BCUT2D eigenvalue weighted by molar-refractivity contribution is 0.215. The maximum absolute atomic E-state index is 5.85. The Labute approximate surface area is 161 Å². The second kappa shape index (κ2) is 10.4. The van der Waals surface area contributed by atoms with Crippen LogP contribution in [-0.2, 0) is 18.3 Å². The third-order valence-electron chi connectivity index (χ3n) is 4.22. The Morgan fingerprint density at radius 3 is 2.56 bits per heavy atom. The minimum absolute atomic E-state index is 0.602. The van der Waals surface area contributed by atoms with Crippen LogP contribution in [-0.4, -0.2) is 36.3 Å². The van der Waals surface area contributed by atoms with Gasteiger partial charge >= 0.3 is 0 Å². The third kappa shape index (κ3) is 6.16. The van der Waals surface area contributed by atoms with E-state index in [1.54, 1.807) is 10.9 Å². The van der Waals surface area contributed by atoms with Crippen molar-refractivity contribution in [2.45, 2.75) is 33.6 Å². The SMILES string of the molecule is C/C=C/COc1cc(C)c(CCCOc2cc(/C=N/OC)nn2C)c(C)c1. The van der Waals surface area contributed by atoms with Crippen molar-refractivity contribution in [1.82, 2.24) is 9.78 Å². The van der Waals surface area contributed by atoms with Crippen LogP contribution in [0.3, 0.4) is 0 Å². The van der Waals surface area contributed by atoms with Crippen LogP contribution in [0.5, 0.6) is 11.6 Å². The first kappa shape index (κ1) is 20.6. The van der Waals surface area contributed by atoms with E-state index < -0.39 is 0 Å².